The van der Waals surface area contributed by atoms with Crippen molar-refractivity contribution in [1.29, 1.82) is 0 Å². The third-order valence-corrected chi connectivity index (χ3v) is 6.34. The van der Waals surface area contributed by atoms with Gasteiger partial charge in [-0.3, -0.25) is 0 Å². The highest BCUT2D eigenvalue weighted by Gasteiger charge is 2.26. The van der Waals surface area contributed by atoms with E-state index in [1.165, 1.54) is 11.4 Å². The van der Waals surface area contributed by atoms with Gasteiger partial charge in [0.1, 0.15) is 0 Å². The number of aryl methyl sites for hydroxylation is 2. The molecule has 2 atom stereocenters. The molecule has 0 aliphatic carbocycles. The minimum atomic E-state index is -4.04. The van der Waals surface area contributed by atoms with E-state index in [0.717, 1.165) is 30.7 Å². The highest BCUT2D eigenvalue weighted by atomic mass is 79.9. The Labute approximate surface area is 166 Å². The first-order chi connectivity index (χ1) is 12.3. The molecule has 0 N–H and O–H groups in total. The zero-order valence-electron chi connectivity index (χ0n) is 15.2. The van der Waals surface area contributed by atoms with Crippen molar-refractivity contribution in [2.24, 2.45) is 0 Å². The predicted octanol–water partition coefficient (Wildman–Crippen LogP) is 7.01. The van der Waals surface area contributed by atoms with E-state index in [9.17, 15) is 13.2 Å². The van der Waals surface area contributed by atoms with E-state index in [1.807, 2.05) is 11.6 Å². The Bertz CT molecular complexity index is 633. The molecule has 0 amide bonds. The van der Waals surface area contributed by atoms with Gasteiger partial charge in [-0.2, -0.15) is 13.2 Å². The van der Waals surface area contributed by atoms with Gasteiger partial charge >= 0.3 is 6.18 Å². The summed E-state index contributed by atoms with van der Waals surface area (Å²) in [4.78, 5) is 4.68. The van der Waals surface area contributed by atoms with Crippen LogP contribution >= 0.6 is 27.3 Å². The van der Waals surface area contributed by atoms with Crippen LogP contribution in [0.2, 0.25) is 0 Å². The number of alkyl halides is 4. The number of hydrogen-bond donors (Lipinski definition) is 0. The number of aromatic nitrogens is 2. The molecule has 2 rings (SSSR count). The Hall–Kier alpha value is -0.820. The van der Waals surface area contributed by atoms with Gasteiger partial charge < -0.3 is 4.57 Å². The van der Waals surface area contributed by atoms with Crippen LogP contribution in [0, 0.1) is 13.8 Å². The van der Waals surface area contributed by atoms with Crippen molar-refractivity contribution in [2.45, 2.75) is 75.8 Å². The molecule has 2 aromatic heterocycles. The zero-order valence-corrected chi connectivity index (χ0v) is 17.6. The number of unbranched alkanes of at least 4 members (excludes halogenated alkanes) is 1. The Balaban J connectivity index is 1.88. The van der Waals surface area contributed by atoms with Gasteiger partial charge in [0, 0.05) is 46.7 Å². The molecule has 0 bridgehead atoms. The summed E-state index contributed by atoms with van der Waals surface area (Å²) in [7, 11) is 0. The summed E-state index contributed by atoms with van der Waals surface area (Å²) in [6.45, 7) is 4.23. The van der Waals surface area contributed by atoms with Crippen LogP contribution in [0.3, 0.4) is 0 Å². The van der Waals surface area contributed by atoms with Gasteiger partial charge in [-0.05, 0) is 51.7 Å². The molecule has 2 nitrogen and oxygen atoms in total. The number of hydrogen-bond acceptors (Lipinski definition) is 2. The van der Waals surface area contributed by atoms with E-state index in [2.05, 4.69) is 51.5 Å². The van der Waals surface area contributed by atoms with Gasteiger partial charge in [0.2, 0.25) is 0 Å². The molecule has 0 radical (unpaired) electrons. The van der Waals surface area contributed by atoms with Gasteiger partial charge in [0.15, 0.2) is 0 Å². The fraction of sp³-hybridized carbons (Fsp3) is 0.632. The number of nitrogens with zero attached hydrogens (tertiary/aromatic N) is 2. The largest absolute Gasteiger partial charge is 0.389 e. The molecule has 0 aliphatic rings. The van der Waals surface area contributed by atoms with Crippen molar-refractivity contribution >= 4 is 27.3 Å². The summed E-state index contributed by atoms with van der Waals surface area (Å²) in [6, 6.07) is 4.59. The summed E-state index contributed by atoms with van der Waals surface area (Å²) in [5, 5.41) is 3.12. The van der Waals surface area contributed by atoms with E-state index in [0.29, 0.717) is 12.5 Å². The molecule has 2 aromatic rings. The van der Waals surface area contributed by atoms with Gasteiger partial charge in [-0.25, -0.2) is 4.98 Å². The van der Waals surface area contributed by atoms with Crippen molar-refractivity contribution in [3.8, 4) is 0 Å². The van der Waals surface area contributed by atoms with Crippen LogP contribution in [0.4, 0.5) is 13.2 Å². The van der Waals surface area contributed by atoms with Gasteiger partial charge in [-0.1, -0.05) is 22.4 Å². The van der Waals surface area contributed by atoms with Crippen LogP contribution in [-0.4, -0.2) is 20.6 Å². The average molecular weight is 451 g/mol. The summed E-state index contributed by atoms with van der Waals surface area (Å²) in [5.74, 6) is 0. The summed E-state index contributed by atoms with van der Waals surface area (Å²) in [5.41, 5.74) is 2.47. The molecule has 0 spiro atoms. The minimum Gasteiger partial charge on any atom is -0.346 e. The maximum absolute atomic E-state index is 12.2. The van der Waals surface area contributed by atoms with Crippen LogP contribution in [0.1, 0.15) is 61.0 Å². The second-order valence-electron chi connectivity index (χ2n) is 6.81. The van der Waals surface area contributed by atoms with E-state index in [4.69, 9.17) is 0 Å². The van der Waals surface area contributed by atoms with E-state index in [-0.39, 0.29) is 11.2 Å². The average Bonchev–Trinajstić information content (AvgIpc) is 3.17. The monoisotopic (exact) mass is 450 g/mol. The number of halogens is 4. The Morgan fingerprint density at radius 1 is 1.12 bits per heavy atom. The van der Waals surface area contributed by atoms with Crippen molar-refractivity contribution in [2.75, 3.05) is 0 Å². The lowest BCUT2D eigenvalue weighted by atomic mass is 10.0. The molecule has 7 heteroatoms. The topological polar surface area (TPSA) is 17.8 Å². The molecular weight excluding hydrogens is 425 g/mol. The molecule has 146 valence electrons. The first-order valence-corrected chi connectivity index (χ1v) is 10.8. The zero-order chi connectivity index (χ0) is 19.2. The van der Waals surface area contributed by atoms with Crippen molar-refractivity contribution in [3.05, 3.63) is 40.1 Å². The van der Waals surface area contributed by atoms with Crippen LogP contribution < -0.4 is 0 Å². The third kappa shape index (κ3) is 7.06. The van der Waals surface area contributed by atoms with Crippen LogP contribution in [0.5, 0.6) is 0 Å². The van der Waals surface area contributed by atoms with E-state index in [1.54, 1.807) is 11.3 Å². The second-order valence-corrected chi connectivity index (χ2v) is 9.08. The Morgan fingerprint density at radius 2 is 1.81 bits per heavy atom. The van der Waals surface area contributed by atoms with Gasteiger partial charge in [-0.15, -0.1) is 11.3 Å². The fourth-order valence-electron chi connectivity index (χ4n) is 3.34. The summed E-state index contributed by atoms with van der Waals surface area (Å²) in [6.07, 6.45) is 1.53. The lowest BCUT2D eigenvalue weighted by Crippen LogP contribution is -2.16. The highest BCUT2D eigenvalue weighted by Crippen LogP contribution is 2.29. The quantitative estimate of drug-likeness (QED) is 0.281. The predicted molar refractivity (Wildman–Crippen MR) is 105 cm³/mol. The molecule has 26 heavy (non-hydrogen) atoms. The van der Waals surface area contributed by atoms with Crippen molar-refractivity contribution < 1.29 is 13.2 Å². The molecule has 2 unspecified atom stereocenters. The first kappa shape index (κ1) is 21.5. The molecule has 0 aliphatic heterocycles. The molecule has 0 saturated heterocycles. The number of rotatable bonds is 10. The lowest BCUT2D eigenvalue weighted by Gasteiger charge is -2.23. The van der Waals surface area contributed by atoms with E-state index >= 15 is 0 Å². The summed E-state index contributed by atoms with van der Waals surface area (Å²) < 4.78 is 39.0. The second kappa shape index (κ2) is 9.93. The van der Waals surface area contributed by atoms with Gasteiger partial charge in [0.05, 0.1) is 5.01 Å². The van der Waals surface area contributed by atoms with Crippen LogP contribution in [0.25, 0.3) is 0 Å². The van der Waals surface area contributed by atoms with Crippen molar-refractivity contribution in [3.63, 3.8) is 0 Å². The highest BCUT2D eigenvalue weighted by molar-refractivity contribution is 9.09. The number of thiazole rings is 1. The maximum atomic E-state index is 12.2. The maximum Gasteiger partial charge on any atom is 0.389 e. The Kier molecular flexibility index (Phi) is 8.20. The normalized spacial score (nSPS) is 14.5. The van der Waals surface area contributed by atoms with Crippen LogP contribution in [-0.2, 0) is 6.42 Å². The molecule has 0 saturated carbocycles. The SMILES string of the molecule is Cc1ccc(C)n1C(CCC(Br)CCCCC(F)(F)F)Cc1nccs1. The minimum absolute atomic E-state index is 0.212. The third-order valence-electron chi connectivity index (χ3n) is 4.63. The van der Waals surface area contributed by atoms with Crippen LogP contribution in [0.15, 0.2) is 23.7 Å². The van der Waals surface area contributed by atoms with Crippen molar-refractivity contribution in [1.82, 2.24) is 9.55 Å². The van der Waals surface area contributed by atoms with Gasteiger partial charge in [0.25, 0.3) is 0 Å². The molecule has 0 fully saturated rings. The smallest absolute Gasteiger partial charge is 0.346 e. The Morgan fingerprint density at radius 3 is 2.38 bits per heavy atom. The van der Waals surface area contributed by atoms with E-state index < -0.39 is 12.6 Å². The molecule has 2 heterocycles. The molecule has 0 aromatic carbocycles. The molecular formula is C19H26BrF3N2S. The first-order valence-electron chi connectivity index (χ1n) is 9.00. The fourth-order valence-corrected chi connectivity index (χ4v) is 4.62. The summed E-state index contributed by atoms with van der Waals surface area (Å²) >= 11 is 5.33. The lowest BCUT2D eigenvalue weighted by molar-refractivity contribution is -0.135. The standard InChI is InChI=1S/C19H26BrF3N2S/c1-14-6-7-15(2)25(14)17(13-18-24-11-12-26-18)9-8-16(20)5-3-4-10-19(21,22)23/h6-7,11-12,16-17H,3-5,8-10,13H2,1-2H3.